The SMILES string of the molecule is CC(C)(C)c1ccc2c(sc3ccccc32)c1C(C)(C)c1cc(C(C)(C)C)c(C(C)(C)C)c2c1oc1ccccc12. The van der Waals surface area contributed by atoms with Crippen LogP contribution in [0.4, 0.5) is 0 Å². The molecule has 41 heavy (non-hydrogen) atoms. The lowest BCUT2D eigenvalue weighted by molar-refractivity contribution is 0.525. The predicted molar refractivity (Wildman–Crippen MR) is 181 cm³/mol. The summed E-state index contributed by atoms with van der Waals surface area (Å²) in [6.45, 7) is 26.0. The number of hydrogen-bond acceptors (Lipinski definition) is 2. The third kappa shape index (κ3) is 4.33. The van der Waals surface area contributed by atoms with E-state index in [1.165, 1.54) is 58.8 Å². The van der Waals surface area contributed by atoms with Crippen LogP contribution in [0.15, 0.2) is 71.1 Å². The van der Waals surface area contributed by atoms with E-state index in [2.05, 4.69) is 143 Å². The van der Waals surface area contributed by atoms with Crippen LogP contribution in [0.1, 0.15) is 104 Å². The van der Waals surface area contributed by atoms with Crippen molar-refractivity contribution in [3.8, 4) is 0 Å². The van der Waals surface area contributed by atoms with Crippen LogP contribution in [0.25, 0.3) is 42.1 Å². The Kier molecular flexibility index (Phi) is 6.12. The smallest absolute Gasteiger partial charge is 0.139 e. The maximum atomic E-state index is 6.89. The quantitative estimate of drug-likeness (QED) is 0.205. The van der Waals surface area contributed by atoms with E-state index in [-0.39, 0.29) is 21.7 Å². The summed E-state index contributed by atoms with van der Waals surface area (Å²) in [6.07, 6.45) is 0. The molecule has 2 aromatic heterocycles. The Morgan fingerprint density at radius 2 is 1.15 bits per heavy atom. The summed E-state index contributed by atoms with van der Waals surface area (Å²) in [4.78, 5) is 0. The molecule has 0 saturated carbocycles. The molecule has 2 heterocycles. The average molecular weight is 561 g/mol. The highest BCUT2D eigenvalue weighted by Crippen LogP contribution is 2.52. The lowest BCUT2D eigenvalue weighted by Gasteiger charge is -2.37. The molecule has 0 spiro atoms. The third-order valence-corrected chi connectivity index (χ3v) is 10.1. The van der Waals surface area contributed by atoms with Gasteiger partial charge in [-0.15, -0.1) is 11.3 Å². The van der Waals surface area contributed by atoms with E-state index in [0.717, 1.165) is 11.2 Å². The minimum absolute atomic E-state index is 0.0117. The first-order valence-corrected chi connectivity index (χ1v) is 15.8. The summed E-state index contributed by atoms with van der Waals surface area (Å²) in [5, 5.41) is 5.19. The molecule has 2 heteroatoms. The molecular formula is C39H44OS. The Morgan fingerprint density at radius 1 is 0.537 bits per heavy atom. The Morgan fingerprint density at radius 3 is 1.78 bits per heavy atom. The summed E-state index contributed by atoms with van der Waals surface area (Å²) in [6, 6.07) is 24.7. The molecular weight excluding hydrogens is 516 g/mol. The average Bonchev–Trinajstić information content (AvgIpc) is 3.44. The summed E-state index contributed by atoms with van der Waals surface area (Å²) >= 11 is 1.94. The zero-order chi connectivity index (χ0) is 29.7. The van der Waals surface area contributed by atoms with E-state index in [0.29, 0.717) is 0 Å². The van der Waals surface area contributed by atoms with Gasteiger partial charge in [0.25, 0.3) is 0 Å². The summed E-state index contributed by atoms with van der Waals surface area (Å²) in [5.41, 5.74) is 8.52. The van der Waals surface area contributed by atoms with Gasteiger partial charge in [0.05, 0.1) is 0 Å². The lowest BCUT2D eigenvalue weighted by Crippen LogP contribution is -2.28. The van der Waals surface area contributed by atoms with Gasteiger partial charge in [-0.3, -0.25) is 0 Å². The topological polar surface area (TPSA) is 13.1 Å². The molecule has 1 nitrogen and oxygen atoms in total. The minimum Gasteiger partial charge on any atom is -0.456 e. The van der Waals surface area contributed by atoms with Crippen molar-refractivity contribution in [2.45, 2.75) is 97.8 Å². The van der Waals surface area contributed by atoms with Crippen molar-refractivity contribution >= 4 is 53.4 Å². The monoisotopic (exact) mass is 560 g/mol. The van der Waals surface area contributed by atoms with Crippen molar-refractivity contribution < 1.29 is 4.42 Å². The fourth-order valence-electron chi connectivity index (χ4n) is 6.90. The molecule has 6 aromatic rings. The van der Waals surface area contributed by atoms with Crippen LogP contribution in [0.3, 0.4) is 0 Å². The van der Waals surface area contributed by atoms with Crippen LogP contribution >= 0.6 is 11.3 Å². The maximum absolute atomic E-state index is 6.89. The van der Waals surface area contributed by atoms with Gasteiger partial charge in [0.2, 0.25) is 0 Å². The highest BCUT2D eigenvalue weighted by Gasteiger charge is 2.38. The van der Waals surface area contributed by atoms with Gasteiger partial charge in [0.1, 0.15) is 11.2 Å². The zero-order valence-electron chi connectivity index (χ0n) is 26.7. The van der Waals surface area contributed by atoms with Crippen molar-refractivity contribution in [2.75, 3.05) is 0 Å². The first-order chi connectivity index (χ1) is 19.0. The number of rotatable bonds is 2. The number of benzene rings is 4. The normalized spacial score (nSPS) is 13.7. The second-order valence-corrected chi connectivity index (χ2v) is 16.5. The van der Waals surface area contributed by atoms with E-state index in [4.69, 9.17) is 4.42 Å². The Hall–Kier alpha value is -3.10. The molecule has 0 N–H and O–H groups in total. The second-order valence-electron chi connectivity index (χ2n) is 15.5. The first-order valence-electron chi connectivity index (χ1n) is 15.0. The van der Waals surface area contributed by atoms with Gasteiger partial charge < -0.3 is 4.42 Å². The van der Waals surface area contributed by atoms with Crippen molar-refractivity contribution in [3.05, 3.63) is 94.5 Å². The van der Waals surface area contributed by atoms with E-state index >= 15 is 0 Å². The summed E-state index contributed by atoms with van der Waals surface area (Å²) in [7, 11) is 0. The molecule has 0 atom stereocenters. The van der Waals surface area contributed by atoms with Crippen LogP contribution in [0, 0.1) is 0 Å². The van der Waals surface area contributed by atoms with Gasteiger partial charge in [0, 0.05) is 41.9 Å². The molecule has 0 saturated heterocycles. The molecule has 6 rings (SSSR count). The number of para-hydroxylation sites is 1. The van der Waals surface area contributed by atoms with Gasteiger partial charge in [-0.25, -0.2) is 0 Å². The number of hydrogen-bond donors (Lipinski definition) is 0. The highest BCUT2D eigenvalue weighted by atomic mass is 32.1. The summed E-state index contributed by atoms with van der Waals surface area (Å²) in [5.74, 6) is 0. The fraction of sp³-hybridized carbons (Fsp3) is 0.385. The minimum atomic E-state index is -0.314. The van der Waals surface area contributed by atoms with E-state index < -0.39 is 0 Å². The Labute approximate surface area is 249 Å². The Balaban J connectivity index is 1.83. The zero-order valence-corrected chi connectivity index (χ0v) is 27.5. The second kappa shape index (κ2) is 8.95. The molecule has 0 fully saturated rings. The number of furan rings is 1. The molecule has 0 radical (unpaired) electrons. The van der Waals surface area contributed by atoms with Gasteiger partial charge in [-0.2, -0.15) is 0 Å². The van der Waals surface area contributed by atoms with E-state index in [1.54, 1.807) is 0 Å². The maximum Gasteiger partial charge on any atom is 0.139 e. The molecule has 4 aromatic carbocycles. The molecule has 0 aliphatic heterocycles. The van der Waals surface area contributed by atoms with Crippen LogP contribution in [0.2, 0.25) is 0 Å². The fourth-order valence-corrected chi connectivity index (χ4v) is 8.31. The number of thiophene rings is 1. The van der Waals surface area contributed by atoms with E-state index in [9.17, 15) is 0 Å². The van der Waals surface area contributed by atoms with Crippen molar-refractivity contribution in [1.29, 1.82) is 0 Å². The largest absolute Gasteiger partial charge is 0.456 e. The number of fused-ring (bicyclic) bond motifs is 6. The first kappa shape index (κ1) is 28.0. The van der Waals surface area contributed by atoms with Gasteiger partial charge in [-0.05, 0) is 50.6 Å². The van der Waals surface area contributed by atoms with Gasteiger partial charge >= 0.3 is 0 Å². The standard InChI is InChI=1S/C39H44OS/c1-36(2,3)26-21-20-24-23-16-13-15-19-30(23)41-35(24)33(26)39(10,11)28-22-27(37(4,5)6)32(38(7,8)9)31-25-17-12-14-18-29(25)40-34(28)31/h12-22H,1-11H3. The van der Waals surface area contributed by atoms with Crippen LogP contribution in [-0.2, 0) is 21.7 Å². The Bertz CT molecular complexity index is 1960. The third-order valence-electron chi connectivity index (χ3n) is 8.86. The summed E-state index contributed by atoms with van der Waals surface area (Å²) < 4.78 is 9.63. The predicted octanol–water partition coefficient (Wildman–Crippen LogP) is 12.2. The van der Waals surface area contributed by atoms with Crippen molar-refractivity contribution in [3.63, 3.8) is 0 Å². The molecule has 0 aliphatic carbocycles. The highest BCUT2D eigenvalue weighted by molar-refractivity contribution is 7.26. The van der Waals surface area contributed by atoms with Crippen LogP contribution < -0.4 is 0 Å². The molecule has 0 unspecified atom stereocenters. The van der Waals surface area contributed by atoms with Gasteiger partial charge in [0.15, 0.2) is 0 Å². The van der Waals surface area contributed by atoms with Crippen LogP contribution in [-0.4, -0.2) is 0 Å². The lowest BCUT2D eigenvalue weighted by atomic mass is 9.67. The molecule has 0 bridgehead atoms. The van der Waals surface area contributed by atoms with Gasteiger partial charge in [-0.1, -0.05) is 131 Å². The van der Waals surface area contributed by atoms with Crippen molar-refractivity contribution in [1.82, 2.24) is 0 Å². The molecule has 212 valence electrons. The molecule has 0 aliphatic rings. The van der Waals surface area contributed by atoms with Crippen molar-refractivity contribution in [2.24, 2.45) is 0 Å². The van der Waals surface area contributed by atoms with E-state index in [1.807, 2.05) is 11.3 Å². The molecule has 0 amide bonds. The van der Waals surface area contributed by atoms with Crippen LogP contribution in [0.5, 0.6) is 0 Å².